The van der Waals surface area contributed by atoms with Crippen LogP contribution in [-0.4, -0.2) is 55.0 Å². The highest BCUT2D eigenvalue weighted by molar-refractivity contribution is 6.30. The lowest BCUT2D eigenvalue weighted by Crippen LogP contribution is -2.55. The highest BCUT2D eigenvalue weighted by Gasteiger charge is 2.28. The number of hydrogen-bond donors (Lipinski definition) is 2. The third kappa shape index (κ3) is 4.46. The van der Waals surface area contributed by atoms with Crippen LogP contribution in [0.2, 0.25) is 5.02 Å². The molecule has 0 saturated carbocycles. The highest BCUT2D eigenvalue weighted by atomic mass is 35.5. The van der Waals surface area contributed by atoms with Crippen LogP contribution in [0.5, 0.6) is 0 Å². The van der Waals surface area contributed by atoms with Crippen molar-refractivity contribution in [2.45, 2.75) is 31.8 Å². The van der Waals surface area contributed by atoms with Gasteiger partial charge in [-0.25, -0.2) is 4.39 Å². The van der Waals surface area contributed by atoms with Crippen LogP contribution in [0.15, 0.2) is 41.6 Å². The smallest absolute Gasteiger partial charge is 0.234 e. The lowest BCUT2D eigenvalue weighted by atomic mass is 10.00. The number of halogens is 2. The first-order chi connectivity index (χ1) is 13.9. The minimum atomic E-state index is -0.420. The molecule has 1 unspecified atom stereocenters. The second-order valence-electron chi connectivity index (χ2n) is 7.81. The van der Waals surface area contributed by atoms with Crippen LogP contribution in [0, 0.1) is 5.82 Å². The molecule has 1 aromatic carbocycles. The van der Waals surface area contributed by atoms with E-state index in [4.69, 9.17) is 11.6 Å². The molecule has 3 aliphatic rings. The number of hydrogen-bond acceptors (Lipinski definition) is 4. The number of benzene rings is 1. The van der Waals surface area contributed by atoms with E-state index in [1.165, 1.54) is 6.07 Å². The Hall–Kier alpha value is -2.38. The summed E-state index contributed by atoms with van der Waals surface area (Å²) >= 11 is 5.77. The number of carbonyl (C=O) groups excluding carboxylic acids is 2. The number of anilines is 1. The zero-order valence-electron chi connectivity index (χ0n) is 16.3. The van der Waals surface area contributed by atoms with E-state index in [0.717, 1.165) is 17.0 Å². The molecule has 29 heavy (non-hydrogen) atoms. The van der Waals surface area contributed by atoms with Crippen LogP contribution in [0.4, 0.5) is 10.1 Å². The van der Waals surface area contributed by atoms with E-state index in [0.29, 0.717) is 39.0 Å². The molecule has 2 N–H and O–H groups in total. The Bertz CT molecular complexity index is 901. The molecule has 154 valence electrons. The van der Waals surface area contributed by atoms with Crippen LogP contribution < -0.4 is 15.5 Å². The summed E-state index contributed by atoms with van der Waals surface area (Å²) in [6.07, 6.45) is 5.00. The molecule has 1 aliphatic carbocycles. The van der Waals surface area contributed by atoms with E-state index in [9.17, 15) is 14.0 Å². The molecule has 2 heterocycles. The van der Waals surface area contributed by atoms with Gasteiger partial charge in [-0.05, 0) is 37.1 Å². The Morgan fingerprint density at radius 3 is 2.97 bits per heavy atom. The fraction of sp³-hybridized carbons (Fsp3) is 0.429. The molecule has 2 fully saturated rings. The van der Waals surface area contributed by atoms with Crippen LogP contribution in [0.3, 0.4) is 0 Å². The molecule has 2 amide bonds. The standard InChI is InChI=1S/C21H24ClFN4O2/c1-13-11-27(16-3-4-17(22)18(23)10-16)7-6-26(13)12-21(29)24-15-2-5-19-14(8-15)9-20(28)25-19/h3-5,8,10,13,15H,2,6-7,9,11-12H2,1H3,(H,24,29)(H,25,28)/t13-,15?/m1/s1. The van der Waals surface area contributed by atoms with Crippen molar-refractivity contribution in [3.63, 3.8) is 0 Å². The molecule has 6 nitrogen and oxygen atoms in total. The summed E-state index contributed by atoms with van der Waals surface area (Å²) in [5.41, 5.74) is 2.65. The number of carbonyl (C=O) groups is 2. The van der Waals surface area contributed by atoms with Gasteiger partial charge in [0.25, 0.3) is 0 Å². The van der Waals surface area contributed by atoms with Crippen molar-refractivity contribution in [1.29, 1.82) is 0 Å². The Morgan fingerprint density at radius 2 is 2.21 bits per heavy atom. The molecule has 2 saturated heterocycles. The zero-order chi connectivity index (χ0) is 20.5. The predicted octanol–water partition coefficient (Wildman–Crippen LogP) is 2.21. The Labute approximate surface area is 174 Å². The summed E-state index contributed by atoms with van der Waals surface area (Å²) in [4.78, 5) is 28.3. The van der Waals surface area contributed by atoms with Gasteiger partial charge >= 0.3 is 0 Å². The second-order valence-corrected chi connectivity index (χ2v) is 8.22. The number of piperazine rings is 1. The molecule has 8 heteroatoms. The van der Waals surface area contributed by atoms with Gasteiger partial charge in [0.1, 0.15) is 5.82 Å². The van der Waals surface area contributed by atoms with Crippen molar-refractivity contribution in [2.24, 2.45) is 0 Å². The summed E-state index contributed by atoms with van der Waals surface area (Å²) in [7, 11) is 0. The molecule has 0 bridgehead atoms. The van der Waals surface area contributed by atoms with Gasteiger partial charge in [0, 0.05) is 37.1 Å². The molecular weight excluding hydrogens is 395 g/mol. The monoisotopic (exact) mass is 418 g/mol. The van der Waals surface area contributed by atoms with Gasteiger partial charge < -0.3 is 15.5 Å². The van der Waals surface area contributed by atoms with Crippen LogP contribution >= 0.6 is 11.6 Å². The topological polar surface area (TPSA) is 64.7 Å². The van der Waals surface area contributed by atoms with Gasteiger partial charge in [0.15, 0.2) is 0 Å². The highest BCUT2D eigenvalue weighted by Crippen LogP contribution is 2.26. The number of fused-ring (bicyclic) bond motifs is 1. The number of rotatable bonds is 4. The lowest BCUT2D eigenvalue weighted by Gasteiger charge is -2.40. The van der Waals surface area contributed by atoms with Crippen molar-refractivity contribution in [3.8, 4) is 0 Å². The first kappa shape index (κ1) is 19.9. The number of nitrogens with one attached hydrogen (secondary N) is 2. The Kier molecular flexibility index (Phi) is 5.61. The second kappa shape index (κ2) is 8.16. The van der Waals surface area contributed by atoms with Gasteiger partial charge in [0.05, 0.1) is 24.0 Å². The van der Waals surface area contributed by atoms with Crippen LogP contribution in [-0.2, 0) is 9.59 Å². The van der Waals surface area contributed by atoms with Crippen LogP contribution in [0.25, 0.3) is 0 Å². The average Bonchev–Trinajstić information content (AvgIpc) is 3.05. The molecular formula is C21H24ClFN4O2. The Balaban J connectivity index is 1.30. The van der Waals surface area contributed by atoms with Gasteiger partial charge in [-0.3, -0.25) is 14.5 Å². The Morgan fingerprint density at radius 1 is 1.38 bits per heavy atom. The van der Waals surface area contributed by atoms with Gasteiger partial charge in [0.2, 0.25) is 11.8 Å². The molecule has 1 aromatic rings. The van der Waals surface area contributed by atoms with E-state index in [1.54, 1.807) is 6.07 Å². The van der Waals surface area contributed by atoms with Crippen molar-refractivity contribution in [3.05, 3.63) is 52.5 Å². The molecule has 0 radical (unpaired) electrons. The van der Waals surface area contributed by atoms with Crippen molar-refractivity contribution in [2.75, 3.05) is 31.1 Å². The quantitative estimate of drug-likeness (QED) is 0.787. The summed E-state index contributed by atoms with van der Waals surface area (Å²) in [5, 5.41) is 5.99. The first-order valence-electron chi connectivity index (χ1n) is 9.83. The summed E-state index contributed by atoms with van der Waals surface area (Å²) in [6, 6.07) is 4.92. The van der Waals surface area contributed by atoms with Gasteiger partial charge in [-0.15, -0.1) is 0 Å². The van der Waals surface area contributed by atoms with E-state index < -0.39 is 5.82 Å². The third-order valence-corrected chi connectivity index (χ3v) is 5.98. The predicted molar refractivity (Wildman–Crippen MR) is 110 cm³/mol. The minimum absolute atomic E-state index is 0.00161. The average molecular weight is 419 g/mol. The third-order valence-electron chi connectivity index (χ3n) is 5.68. The minimum Gasteiger partial charge on any atom is -0.369 e. The summed E-state index contributed by atoms with van der Waals surface area (Å²) in [6.45, 7) is 4.53. The molecule has 0 spiro atoms. The number of nitrogens with zero attached hydrogens (tertiary/aromatic N) is 2. The van der Waals surface area contributed by atoms with Gasteiger partial charge in [-0.1, -0.05) is 23.8 Å². The largest absolute Gasteiger partial charge is 0.369 e. The fourth-order valence-corrected chi connectivity index (χ4v) is 4.23. The van der Waals surface area contributed by atoms with E-state index in [2.05, 4.69) is 27.4 Å². The van der Waals surface area contributed by atoms with E-state index in [-0.39, 0.29) is 28.9 Å². The molecule has 4 rings (SSSR count). The number of allylic oxidation sites excluding steroid dienone is 1. The van der Waals surface area contributed by atoms with Gasteiger partial charge in [-0.2, -0.15) is 0 Å². The summed E-state index contributed by atoms with van der Waals surface area (Å²) < 4.78 is 13.8. The van der Waals surface area contributed by atoms with Crippen LogP contribution in [0.1, 0.15) is 19.8 Å². The molecule has 0 aromatic heterocycles. The van der Waals surface area contributed by atoms with Crippen molar-refractivity contribution >= 4 is 29.1 Å². The fourth-order valence-electron chi connectivity index (χ4n) is 4.11. The zero-order valence-corrected chi connectivity index (χ0v) is 17.0. The number of amides is 2. The summed E-state index contributed by atoms with van der Waals surface area (Å²) in [5.74, 6) is -0.447. The lowest BCUT2D eigenvalue weighted by molar-refractivity contribution is -0.123. The molecule has 2 aliphatic heterocycles. The SMILES string of the molecule is C[C@@H]1CN(c2ccc(Cl)c(F)c2)CCN1CC(=O)NC1C=C2CC(=O)NC2=CC1. The first-order valence-corrected chi connectivity index (χ1v) is 10.2. The normalized spacial score (nSPS) is 24.5. The van der Waals surface area contributed by atoms with Crippen molar-refractivity contribution in [1.82, 2.24) is 15.5 Å². The van der Waals surface area contributed by atoms with Crippen molar-refractivity contribution < 1.29 is 14.0 Å². The molecule has 2 atom stereocenters. The van der Waals surface area contributed by atoms with E-state index in [1.807, 2.05) is 18.2 Å². The van der Waals surface area contributed by atoms with E-state index >= 15 is 0 Å². The maximum absolute atomic E-state index is 13.8. The maximum atomic E-state index is 13.8. The maximum Gasteiger partial charge on any atom is 0.234 e.